The average molecular weight is 323 g/mol. The molecule has 0 unspecified atom stereocenters. The molecular formula is C18H17N3O3. The molecule has 0 aromatic heterocycles. The average Bonchev–Trinajstić information content (AvgIpc) is 3.39. The van der Waals surface area contributed by atoms with Crippen molar-refractivity contribution in [2.45, 2.75) is 25.8 Å². The van der Waals surface area contributed by atoms with Crippen LogP contribution in [0.3, 0.4) is 0 Å². The minimum Gasteiger partial charge on any atom is -0.465 e. The zero-order valence-electron chi connectivity index (χ0n) is 13.5. The van der Waals surface area contributed by atoms with Crippen molar-refractivity contribution in [3.05, 3.63) is 58.1 Å². The molecule has 1 aliphatic carbocycles. The predicted molar refractivity (Wildman–Crippen MR) is 88.8 cm³/mol. The Morgan fingerprint density at radius 3 is 2.67 bits per heavy atom. The molecule has 2 heterocycles. The second kappa shape index (κ2) is 5.33. The van der Waals surface area contributed by atoms with Crippen LogP contribution in [-0.2, 0) is 4.74 Å². The maximum absolute atomic E-state index is 12.9. The van der Waals surface area contributed by atoms with E-state index in [0.29, 0.717) is 28.6 Å². The van der Waals surface area contributed by atoms with Gasteiger partial charge in [0.1, 0.15) is 11.3 Å². The van der Waals surface area contributed by atoms with Gasteiger partial charge in [-0.05, 0) is 31.4 Å². The van der Waals surface area contributed by atoms with Gasteiger partial charge in [-0.2, -0.15) is 9.78 Å². The summed E-state index contributed by atoms with van der Waals surface area (Å²) in [4.78, 5) is 25.0. The molecule has 1 aromatic carbocycles. The van der Waals surface area contributed by atoms with Crippen molar-refractivity contribution in [1.82, 2.24) is 14.3 Å². The third-order valence-electron chi connectivity index (χ3n) is 4.41. The Labute approximate surface area is 138 Å². The van der Waals surface area contributed by atoms with Gasteiger partial charge in [0.15, 0.2) is 0 Å². The van der Waals surface area contributed by atoms with E-state index in [-0.39, 0.29) is 5.56 Å². The molecule has 0 bridgehead atoms. The monoisotopic (exact) mass is 323 g/mol. The summed E-state index contributed by atoms with van der Waals surface area (Å²) in [6.45, 7) is 1.92. The molecule has 0 saturated heterocycles. The summed E-state index contributed by atoms with van der Waals surface area (Å²) in [5, 5.41) is 4.42. The molecular weight excluding hydrogens is 306 g/mol. The molecule has 1 aromatic rings. The molecule has 1 saturated carbocycles. The number of rotatable bonds is 3. The number of carbonyl (C=O) groups excluding carboxylic acids is 1. The molecule has 0 atom stereocenters. The molecule has 24 heavy (non-hydrogen) atoms. The van der Waals surface area contributed by atoms with Crippen LogP contribution in [0.25, 0.3) is 16.9 Å². The number of benzene rings is 1. The Morgan fingerprint density at radius 1 is 1.25 bits per heavy atom. The van der Waals surface area contributed by atoms with Crippen molar-refractivity contribution < 1.29 is 9.53 Å². The van der Waals surface area contributed by atoms with Crippen molar-refractivity contribution in [1.29, 1.82) is 0 Å². The Kier molecular flexibility index (Phi) is 3.26. The lowest BCUT2D eigenvalue weighted by Crippen LogP contribution is -2.16. The van der Waals surface area contributed by atoms with Gasteiger partial charge in [-0.25, -0.2) is 4.79 Å². The highest BCUT2D eigenvalue weighted by molar-refractivity contribution is 5.96. The Morgan fingerprint density at radius 2 is 2.00 bits per heavy atom. The van der Waals surface area contributed by atoms with Gasteiger partial charge in [-0.1, -0.05) is 18.2 Å². The lowest BCUT2D eigenvalue weighted by molar-refractivity contribution is 0.0600. The lowest BCUT2D eigenvalue weighted by atomic mass is 10.1. The first-order valence-corrected chi connectivity index (χ1v) is 7.89. The molecule has 6 heteroatoms. The van der Waals surface area contributed by atoms with Crippen molar-refractivity contribution in [3.63, 3.8) is 0 Å². The number of methoxy groups -OCH3 is 1. The fraction of sp³-hybridized carbons (Fsp3) is 0.278. The summed E-state index contributed by atoms with van der Waals surface area (Å²) in [6.07, 6.45) is 5.64. The number of hydrogen-bond acceptors (Lipinski definition) is 4. The Bertz CT molecular complexity index is 966. The summed E-state index contributed by atoms with van der Waals surface area (Å²) in [7, 11) is 1.33. The first kappa shape index (κ1) is 14.7. The Hall–Kier alpha value is -2.89. The predicted octanol–water partition coefficient (Wildman–Crippen LogP) is 2.57. The first-order chi connectivity index (χ1) is 11.6. The van der Waals surface area contributed by atoms with Gasteiger partial charge in [0, 0.05) is 18.4 Å². The Balaban J connectivity index is 2.00. The molecule has 6 nitrogen and oxygen atoms in total. The number of aromatic nitrogens is 3. The number of para-hydroxylation sites is 1. The molecule has 3 aliphatic rings. The summed E-state index contributed by atoms with van der Waals surface area (Å²) in [6, 6.07) is 7.88. The second-order valence-electron chi connectivity index (χ2n) is 6.11. The number of pyridine rings is 1. The van der Waals surface area contributed by atoms with E-state index in [2.05, 4.69) is 5.10 Å². The van der Waals surface area contributed by atoms with Crippen LogP contribution in [0, 0.1) is 6.92 Å². The standard InChI is InChI=1S/C18H17N3O3/c1-11-5-3-4-6-15(11)21-17(22)13-9-20(12-7-8-12)10-14(16(13)19-21)18(23)24-2/h3-6,9-10,12H,7-8H2,1-2H3. The van der Waals surface area contributed by atoms with Gasteiger partial charge in [-0.15, -0.1) is 0 Å². The number of carbonyl (C=O) groups is 1. The van der Waals surface area contributed by atoms with Crippen molar-refractivity contribution in [2.24, 2.45) is 0 Å². The normalized spacial score (nSPS) is 14.1. The van der Waals surface area contributed by atoms with Crippen LogP contribution in [0.1, 0.15) is 34.8 Å². The molecule has 1 fully saturated rings. The third-order valence-corrected chi connectivity index (χ3v) is 4.41. The summed E-state index contributed by atoms with van der Waals surface area (Å²) < 4.78 is 8.17. The van der Waals surface area contributed by atoms with E-state index in [1.807, 2.05) is 35.8 Å². The second-order valence-corrected chi connectivity index (χ2v) is 6.11. The van der Waals surface area contributed by atoms with E-state index in [9.17, 15) is 9.59 Å². The summed E-state index contributed by atoms with van der Waals surface area (Å²) in [5.74, 6) is -0.482. The summed E-state index contributed by atoms with van der Waals surface area (Å²) >= 11 is 0. The lowest BCUT2D eigenvalue weighted by Gasteiger charge is -2.10. The first-order valence-electron chi connectivity index (χ1n) is 7.89. The van der Waals surface area contributed by atoms with Crippen LogP contribution in [0.15, 0.2) is 41.5 Å². The van der Waals surface area contributed by atoms with Crippen LogP contribution in [-0.4, -0.2) is 27.4 Å². The summed E-state index contributed by atoms with van der Waals surface area (Å²) in [5.41, 5.74) is 2.58. The highest BCUT2D eigenvalue weighted by Crippen LogP contribution is 2.36. The largest absolute Gasteiger partial charge is 0.465 e. The van der Waals surface area contributed by atoms with Gasteiger partial charge in [0.2, 0.25) is 0 Å². The molecule has 0 radical (unpaired) electrons. The van der Waals surface area contributed by atoms with Crippen molar-refractivity contribution in [3.8, 4) is 16.9 Å². The zero-order chi connectivity index (χ0) is 16.8. The van der Waals surface area contributed by atoms with E-state index in [1.54, 1.807) is 12.4 Å². The van der Waals surface area contributed by atoms with E-state index in [0.717, 1.165) is 18.4 Å². The molecule has 4 rings (SSSR count). The smallest absolute Gasteiger partial charge is 0.341 e. The van der Waals surface area contributed by atoms with Crippen LogP contribution in [0.4, 0.5) is 0 Å². The molecule has 0 spiro atoms. The van der Waals surface area contributed by atoms with Crippen LogP contribution in [0.2, 0.25) is 0 Å². The van der Waals surface area contributed by atoms with E-state index < -0.39 is 5.97 Å². The number of nitrogens with zero attached hydrogens (tertiary/aromatic N) is 3. The maximum Gasteiger partial charge on any atom is 0.341 e. The topological polar surface area (TPSA) is 66.1 Å². The highest BCUT2D eigenvalue weighted by Gasteiger charge is 2.29. The van der Waals surface area contributed by atoms with Gasteiger partial charge in [-0.3, -0.25) is 4.79 Å². The van der Waals surface area contributed by atoms with Crippen LogP contribution < -0.4 is 5.56 Å². The van der Waals surface area contributed by atoms with Gasteiger partial charge >= 0.3 is 5.97 Å². The van der Waals surface area contributed by atoms with Crippen molar-refractivity contribution >= 4 is 5.97 Å². The van der Waals surface area contributed by atoms with Crippen LogP contribution >= 0.6 is 0 Å². The van der Waals surface area contributed by atoms with Gasteiger partial charge < -0.3 is 9.30 Å². The SMILES string of the molecule is COC(=O)c1cn(C2CC2)cc2c(=O)n(-c3ccccc3C)nc1-2. The number of aryl methyl sites for hydroxylation is 1. The van der Waals surface area contributed by atoms with E-state index >= 15 is 0 Å². The maximum atomic E-state index is 12.9. The van der Waals surface area contributed by atoms with Gasteiger partial charge in [0.25, 0.3) is 5.56 Å². The third kappa shape index (κ3) is 2.22. The van der Waals surface area contributed by atoms with E-state index in [4.69, 9.17) is 4.74 Å². The minimum atomic E-state index is -0.482. The van der Waals surface area contributed by atoms with Crippen LogP contribution in [0.5, 0.6) is 0 Å². The molecule has 2 aliphatic heterocycles. The fourth-order valence-electron chi connectivity index (χ4n) is 2.93. The fourth-order valence-corrected chi connectivity index (χ4v) is 2.93. The van der Waals surface area contributed by atoms with Crippen molar-refractivity contribution in [2.75, 3.05) is 7.11 Å². The molecule has 122 valence electrons. The number of ether oxygens (including phenoxy) is 1. The number of esters is 1. The highest BCUT2D eigenvalue weighted by atomic mass is 16.5. The molecule has 0 amide bonds. The zero-order valence-corrected chi connectivity index (χ0v) is 13.5. The quantitative estimate of drug-likeness (QED) is 0.695. The number of fused-ring (bicyclic) bond motifs is 1. The molecule has 0 N–H and O–H groups in total. The number of hydrogen-bond donors (Lipinski definition) is 0. The minimum absolute atomic E-state index is 0.223. The van der Waals surface area contributed by atoms with Gasteiger partial charge in [0.05, 0.1) is 18.4 Å². The van der Waals surface area contributed by atoms with E-state index in [1.165, 1.54) is 11.8 Å².